The van der Waals surface area contributed by atoms with Gasteiger partial charge in [-0.15, -0.1) is 0 Å². The molecule has 1 saturated carbocycles. The number of nitrogens with zero attached hydrogens (tertiary/aromatic N) is 4. The van der Waals surface area contributed by atoms with Crippen LogP contribution in [0.3, 0.4) is 0 Å². The fourth-order valence-corrected chi connectivity index (χ4v) is 4.91. The Morgan fingerprint density at radius 3 is 2.38 bits per heavy atom. The molecule has 0 aromatic carbocycles. The van der Waals surface area contributed by atoms with Gasteiger partial charge in [-0.3, -0.25) is 0 Å². The Bertz CT molecular complexity index is 607. The van der Waals surface area contributed by atoms with Crippen LogP contribution in [-0.4, -0.2) is 54.7 Å². The molecule has 5 heteroatoms. The summed E-state index contributed by atoms with van der Waals surface area (Å²) in [5, 5.41) is 0. The summed E-state index contributed by atoms with van der Waals surface area (Å²) in [6.45, 7) is 5.09. The van der Waals surface area contributed by atoms with Crippen molar-refractivity contribution < 1.29 is 4.74 Å². The van der Waals surface area contributed by atoms with Gasteiger partial charge >= 0.3 is 6.01 Å². The molecule has 0 radical (unpaired) electrons. The molecular formula is C24H44N4O. The minimum absolute atomic E-state index is 0. The van der Waals surface area contributed by atoms with Crippen molar-refractivity contribution in [1.82, 2.24) is 14.9 Å². The van der Waals surface area contributed by atoms with E-state index >= 15 is 0 Å². The van der Waals surface area contributed by atoms with Crippen LogP contribution in [0.4, 0.5) is 5.82 Å². The minimum atomic E-state index is 0. The van der Waals surface area contributed by atoms with Gasteiger partial charge in [-0.2, -0.15) is 9.97 Å². The molecule has 1 saturated heterocycles. The molecule has 1 aromatic heterocycles. The van der Waals surface area contributed by atoms with Crippen molar-refractivity contribution in [3.05, 3.63) is 11.3 Å². The quantitative estimate of drug-likeness (QED) is 0.616. The summed E-state index contributed by atoms with van der Waals surface area (Å²) >= 11 is 0. The lowest BCUT2D eigenvalue weighted by Gasteiger charge is -2.35. The number of likely N-dealkylation sites (N-methyl/N-ethyl adjacent to an activating group) is 1. The average molecular weight is 405 g/mol. The van der Waals surface area contributed by atoms with Crippen molar-refractivity contribution in [2.75, 3.05) is 44.7 Å². The molecule has 3 aliphatic rings. The van der Waals surface area contributed by atoms with Gasteiger partial charge in [0.1, 0.15) is 5.82 Å². The van der Waals surface area contributed by atoms with Gasteiger partial charge < -0.3 is 14.5 Å². The van der Waals surface area contributed by atoms with Crippen molar-refractivity contribution in [3.8, 4) is 6.01 Å². The van der Waals surface area contributed by atoms with Gasteiger partial charge in [0.2, 0.25) is 0 Å². The van der Waals surface area contributed by atoms with Crippen molar-refractivity contribution in [1.29, 1.82) is 0 Å². The van der Waals surface area contributed by atoms with E-state index in [0.717, 1.165) is 63.8 Å². The molecule has 5 nitrogen and oxygen atoms in total. The van der Waals surface area contributed by atoms with E-state index in [2.05, 4.69) is 16.8 Å². The summed E-state index contributed by atoms with van der Waals surface area (Å²) in [6.07, 6.45) is 14.3. The summed E-state index contributed by atoms with van der Waals surface area (Å²) in [4.78, 5) is 14.5. The SMILES string of the molecule is C.C.CN1CCN(c2nc(OCCCC3CCCCC3)nc3c2CCCC3)CC1. The summed E-state index contributed by atoms with van der Waals surface area (Å²) in [6, 6.07) is 0.619. The van der Waals surface area contributed by atoms with Crippen molar-refractivity contribution in [2.45, 2.75) is 85.5 Å². The highest BCUT2D eigenvalue weighted by Gasteiger charge is 2.24. The third-order valence-electron chi connectivity index (χ3n) is 6.66. The second-order valence-electron chi connectivity index (χ2n) is 8.75. The van der Waals surface area contributed by atoms with Crippen molar-refractivity contribution in [3.63, 3.8) is 0 Å². The molecule has 0 N–H and O–H groups in total. The first-order chi connectivity index (χ1) is 13.3. The maximum atomic E-state index is 6.06. The predicted molar refractivity (Wildman–Crippen MR) is 123 cm³/mol. The molecule has 0 bridgehead atoms. The Morgan fingerprint density at radius 1 is 0.897 bits per heavy atom. The maximum Gasteiger partial charge on any atom is 0.318 e. The van der Waals surface area contributed by atoms with Crippen LogP contribution in [-0.2, 0) is 12.8 Å². The summed E-state index contributed by atoms with van der Waals surface area (Å²) < 4.78 is 6.06. The molecule has 0 amide bonds. The van der Waals surface area contributed by atoms with Gasteiger partial charge in [0, 0.05) is 31.7 Å². The zero-order valence-corrected chi connectivity index (χ0v) is 17.1. The van der Waals surface area contributed by atoms with Crippen LogP contribution in [0.1, 0.15) is 83.9 Å². The number of aryl methyl sites for hydroxylation is 1. The van der Waals surface area contributed by atoms with Gasteiger partial charge in [0.15, 0.2) is 0 Å². The van der Waals surface area contributed by atoms with Crippen molar-refractivity contribution in [2.24, 2.45) is 5.92 Å². The number of aromatic nitrogens is 2. The molecule has 29 heavy (non-hydrogen) atoms. The molecule has 1 aliphatic heterocycles. The first kappa shape index (κ1) is 23.9. The van der Waals surface area contributed by atoms with E-state index in [1.54, 1.807) is 0 Å². The van der Waals surface area contributed by atoms with E-state index in [-0.39, 0.29) is 14.9 Å². The van der Waals surface area contributed by atoms with Gasteiger partial charge in [0.05, 0.1) is 12.3 Å². The Labute approximate surface area is 179 Å². The minimum Gasteiger partial charge on any atom is -0.463 e. The fraction of sp³-hybridized carbons (Fsp3) is 0.833. The number of hydrogen-bond acceptors (Lipinski definition) is 5. The molecular weight excluding hydrogens is 360 g/mol. The highest BCUT2D eigenvalue weighted by atomic mass is 16.5. The van der Waals surface area contributed by atoms with Gasteiger partial charge in [-0.05, 0) is 51.5 Å². The number of hydrogen-bond donors (Lipinski definition) is 0. The van der Waals surface area contributed by atoms with E-state index in [1.165, 1.54) is 62.6 Å². The van der Waals surface area contributed by atoms with Gasteiger partial charge in [-0.25, -0.2) is 0 Å². The van der Waals surface area contributed by atoms with Crippen LogP contribution in [0.2, 0.25) is 0 Å². The number of ether oxygens (including phenoxy) is 1. The molecule has 166 valence electrons. The highest BCUT2D eigenvalue weighted by molar-refractivity contribution is 5.51. The lowest BCUT2D eigenvalue weighted by Crippen LogP contribution is -2.45. The lowest BCUT2D eigenvalue weighted by molar-refractivity contribution is 0.253. The summed E-state index contributed by atoms with van der Waals surface area (Å²) in [5.74, 6) is 2.09. The Morgan fingerprint density at radius 2 is 1.62 bits per heavy atom. The molecule has 2 heterocycles. The molecule has 0 spiro atoms. The van der Waals surface area contributed by atoms with Crippen LogP contribution < -0.4 is 9.64 Å². The molecule has 2 fully saturated rings. The predicted octanol–water partition coefficient (Wildman–Crippen LogP) is 5.12. The number of fused-ring (bicyclic) bond motifs is 1. The lowest BCUT2D eigenvalue weighted by atomic mass is 9.86. The molecule has 1 aromatic rings. The van der Waals surface area contributed by atoms with Crippen LogP contribution in [0.15, 0.2) is 0 Å². The first-order valence-corrected chi connectivity index (χ1v) is 11.3. The second kappa shape index (κ2) is 11.7. The van der Waals surface area contributed by atoms with Crippen LogP contribution in [0.25, 0.3) is 0 Å². The van der Waals surface area contributed by atoms with Gasteiger partial charge in [-0.1, -0.05) is 47.0 Å². The number of rotatable bonds is 6. The van der Waals surface area contributed by atoms with Crippen molar-refractivity contribution >= 4 is 5.82 Å². The molecule has 0 unspecified atom stereocenters. The van der Waals surface area contributed by atoms with E-state index in [0.29, 0.717) is 6.01 Å². The van der Waals surface area contributed by atoms with Crippen LogP contribution in [0, 0.1) is 5.92 Å². The second-order valence-corrected chi connectivity index (χ2v) is 8.75. The first-order valence-electron chi connectivity index (χ1n) is 11.3. The normalized spacial score (nSPS) is 20.4. The third-order valence-corrected chi connectivity index (χ3v) is 6.66. The Kier molecular flexibility index (Phi) is 9.67. The molecule has 0 atom stereocenters. The average Bonchev–Trinajstić information content (AvgIpc) is 2.72. The number of piperazine rings is 1. The van der Waals surface area contributed by atoms with E-state index in [4.69, 9.17) is 14.7 Å². The standard InChI is InChI=1S/C22H36N4O.2CH4/c1-25-13-15-26(16-14-25)21-19-11-5-6-12-20(19)23-22(24-21)27-17-7-10-18-8-3-2-4-9-18;;/h18H,2-17H2,1H3;2*1H4. The molecule has 2 aliphatic carbocycles. The smallest absolute Gasteiger partial charge is 0.318 e. The maximum absolute atomic E-state index is 6.06. The summed E-state index contributed by atoms with van der Waals surface area (Å²) in [5.41, 5.74) is 2.63. The number of anilines is 1. The highest BCUT2D eigenvalue weighted by Crippen LogP contribution is 2.31. The topological polar surface area (TPSA) is 41.5 Å². The molecule has 4 rings (SSSR count). The van der Waals surface area contributed by atoms with Crippen LogP contribution >= 0.6 is 0 Å². The van der Waals surface area contributed by atoms with E-state index < -0.39 is 0 Å². The largest absolute Gasteiger partial charge is 0.463 e. The van der Waals surface area contributed by atoms with E-state index in [9.17, 15) is 0 Å². The van der Waals surface area contributed by atoms with Crippen LogP contribution in [0.5, 0.6) is 6.01 Å². The monoisotopic (exact) mass is 404 g/mol. The third kappa shape index (κ3) is 6.31. The Hall–Kier alpha value is -1.36. The zero-order chi connectivity index (χ0) is 18.5. The summed E-state index contributed by atoms with van der Waals surface area (Å²) in [7, 11) is 2.20. The fourth-order valence-electron chi connectivity index (χ4n) is 4.91. The zero-order valence-electron chi connectivity index (χ0n) is 17.1. The Balaban J connectivity index is 0.00000150. The van der Waals surface area contributed by atoms with Gasteiger partial charge in [0.25, 0.3) is 0 Å². The van der Waals surface area contributed by atoms with E-state index in [1.807, 2.05) is 0 Å².